The lowest BCUT2D eigenvalue weighted by molar-refractivity contribution is -0.131. The zero-order valence-corrected chi connectivity index (χ0v) is 11.2. The highest BCUT2D eigenvalue weighted by atomic mass is 19.1. The molecule has 1 N–H and O–H groups in total. The molecule has 1 aromatic rings. The number of fused-ring (bicyclic) bond motifs is 2. The van der Waals surface area contributed by atoms with Gasteiger partial charge in [0.25, 0.3) is 0 Å². The third-order valence-corrected chi connectivity index (χ3v) is 4.50. The first-order valence-electron chi connectivity index (χ1n) is 6.86. The van der Waals surface area contributed by atoms with Gasteiger partial charge in [-0.05, 0) is 49.2 Å². The van der Waals surface area contributed by atoms with E-state index in [2.05, 4.69) is 5.32 Å². The molecule has 2 aliphatic rings. The fourth-order valence-corrected chi connectivity index (χ4v) is 3.48. The summed E-state index contributed by atoms with van der Waals surface area (Å²) in [5.74, 6) is -0.138. The van der Waals surface area contributed by atoms with Gasteiger partial charge in [-0.15, -0.1) is 0 Å². The molecule has 4 heteroatoms. The summed E-state index contributed by atoms with van der Waals surface area (Å²) < 4.78 is 13.5. The molecular weight excluding hydrogens is 243 g/mol. The van der Waals surface area contributed by atoms with Crippen LogP contribution in [-0.2, 0) is 16.8 Å². The van der Waals surface area contributed by atoms with Gasteiger partial charge in [0.1, 0.15) is 5.82 Å². The van der Waals surface area contributed by atoms with Crippen LogP contribution in [0.2, 0.25) is 0 Å². The number of piperidine rings is 1. The van der Waals surface area contributed by atoms with Crippen molar-refractivity contribution in [3.05, 3.63) is 35.1 Å². The summed E-state index contributed by atoms with van der Waals surface area (Å²) in [6, 6.07) is 5.06. The number of rotatable bonds is 0. The molecule has 3 rings (SSSR count). The summed E-state index contributed by atoms with van der Waals surface area (Å²) in [4.78, 5) is 13.6. The fourth-order valence-electron chi connectivity index (χ4n) is 3.48. The van der Waals surface area contributed by atoms with Crippen molar-refractivity contribution in [3.8, 4) is 0 Å². The van der Waals surface area contributed by atoms with Crippen molar-refractivity contribution in [2.75, 3.05) is 19.6 Å². The summed E-state index contributed by atoms with van der Waals surface area (Å²) >= 11 is 0. The molecule has 2 aliphatic heterocycles. The van der Waals surface area contributed by atoms with Gasteiger partial charge in [-0.25, -0.2) is 4.39 Å². The molecule has 1 fully saturated rings. The van der Waals surface area contributed by atoms with E-state index in [0.717, 1.165) is 38.0 Å². The predicted molar refractivity (Wildman–Crippen MR) is 71.3 cm³/mol. The first-order chi connectivity index (χ1) is 9.11. The molecule has 19 heavy (non-hydrogen) atoms. The molecule has 2 heterocycles. The summed E-state index contributed by atoms with van der Waals surface area (Å²) in [5.41, 5.74) is 2.23. The molecule has 102 valence electrons. The molecule has 1 saturated heterocycles. The second-order valence-electron chi connectivity index (χ2n) is 5.71. The second-order valence-corrected chi connectivity index (χ2v) is 5.71. The lowest BCUT2D eigenvalue weighted by Crippen LogP contribution is -2.52. The third-order valence-electron chi connectivity index (χ3n) is 4.50. The number of nitrogens with one attached hydrogen (secondary N) is 1. The normalized spacial score (nSPS) is 21.3. The Kier molecular flexibility index (Phi) is 3.05. The maximum absolute atomic E-state index is 13.5. The first-order valence-corrected chi connectivity index (χ1v) is 6.86. The molecule has 1 spiro atoms. The minimum absolute atomic E-state index is 0.0121. The molecule has 0 radical (unpaired) electrons. The molecule has 0 aliphatic carbocycles. The van der Waals surface area contributed by atoms with Gasteiger partial charge >= 0.3 is 0 Å². The highest BCUT2D eigenvalue weighted by Crippen LogP contribution is 2.40. The molecule has 3 nitrogen and oxygen atoms in total. The predicted octanol–water partition coefficient (Wildman–Crippen LogP) is 1.81. The smallest absolute Gasteiger partial charge is 0.219 e. The Morgan fingerprint density at radius 3 is 2.79 bits per heavy atom. The monoisotopic (exact) mass is 262 g/mol. The van der Waals surface area contributed by atoms with Gasteiger partial charge in [0.15, 0.2) is 0 Å². The Bertz CT molecular complexity index is 509. The van der Waals surface area contributed by atoms with Gasteiger partial charge in [0.2, 0.25) is 5.91 Å². The van der Waals surface area contributed by atoms with Crippen molar-refractivity contribution in [2.45, 2.75) is 31.7 Å². The zero-order chi connectivity index (χ0) is 13.5. The minimum atomic E-state index is -0.215. The quantitative estimate of drug-likeness (QED) is 0.773. The van der Waals surface area contributed by atoms with E-state index in [4.69, 9.17) is 0 Å². The van der Waals surface area contributed by atoms with Crippen LogP contribution in [0.1, 0.15) is 30.9 Å². The maximum atomic E-state index is 13.5. The minimum Gasteiger partial charge on any atom is -0.338 e. The van der Waals surface area contributed by atoms with Crippen LogP contribution in [0.25, 0.3) is 0 Å². The third kappa shape index (κ3) is 2.14. The first kappa shape index (κ1) is 12.6. The number of carbonyl (C=O) groups is 1. The van der Waals surface area contributed by atoms with Gasteiger partial charge in [-0.3, -0.25) is 4.79 Å². The SMILES string of the molecule is CC(=O)N1Cc2cc(F)ccc2C2(CCNCC2)C1. The topological polar surface area (TPSA) is 32.3 Å². The van der Waals surface area contributed by atoms with E-state index in [1.54, 1.807) is 19.1 Å². The van der Waals surface area contributed by atoms with E-state index in [1.165, 1.54) is 5.56 Å². The van der Waals surface area contributed by atoms with E-state index in [-0.39, 0.29) is 17.1 Å². The molecule has 1 aromatic carbocycles. The van der Waals surface area contributed by atoms with Crippen LogP contribution in [0.3, 0.4) is 0 Å². The Labute approximate surface area is 112 Å². The summed E-state index contributed by atoms with van der Waals surface area (Å²) in [6.45, 7) is 4.82. The molecule has 1 amide bonds. The van der Waals surface area contributed by atoms with Gasteiger partial charge in [-0.2, -0.15) is 0 Å². The standard InChI is InChI=1S/C15H19FN2O/c1-11(19)18-9-12-8-13(16)2-3-14(12)15(10-18)4-6-17-7-5-15/h2-3,8,17H,4-7,9-10H2,1H3. The Morgan fingerprint density at radius 2 is 2.11 bits per heavy atom. The van der Waals surface area contributed by atoms with Crippen molar-refractivity contribution in [1.29, 1.82) is 0 Å². The van der Waals surface area contributed by atoms with Crippen molar-refractivity contribution < 1.29 is 9.18 Å². The molecule has 0 aromatic heterocycles. The fraction of sp³-hybridized carbons (Fsp3) is 0.533. The average molecular weight is 262 g/mol. The highest BCUT2D eigenvalue weighted by Gasteiger charge is 2.41. The van der Waals surface area contributed by atoms with E-state index in [1.807, 2.05) is 11.0 Å². The van der Waals surface area contributed by atoms with E-state index >= 15 is 0 Å². The molecular formula is C15H19FN2O. The van der Waals surface area contributed by atoms with Crippen LogP contribution < -0.4 is 5.32 Å². The summed E-state index contributed by atoms with van der Waals surface area (Å²) in [7, 11) is 0. The second kappa shape index (κ2) is 4.60. The van der Waals surface area contributed by atoms with Crippen molar-refractivity contribution in [2.24, 2.45) is 0 Å². The average Bonchev–Trinajstić information content (AvgIpc) is 2.39. The number of benzene rings is 1. The number of hydrogen-bond acceptors (Lipinski definition) is 2. The van der Waals surface area contributed by atoms with Crippen LogP contribution in [0.5, 0.6) is 0 Å². The van der Waals surface area contributed by atoms with E-state index in [9.17, 15) is 9.18 Å². The number of halogens is 1. The van der Waals surface area contributed by atoms with Crippen LogP contribution in [-0.4, -0.2) is 30.4 Å². The lowest BCUT2D eigenvalue weighted by Gasteiger charge is -2.46. The molecule has 0 atom stereocenters. The highest BCUT2D eigenvalue weighted by molar-refractivity contribution is 5.74. The van der Waals surface area contributed by atoms with Crippen LogP contribution >= 0.6 is 0 Å². The Hall–Kier alpha value is -1.42. The molecule has 0 bridgehead atoms. The van der Waals surface area contributed by atoms with Gasteiger partial charge in [-0.1, -0.05) is 6.07 Å². The summed E-state index contributed by atoms with van der Waals surface area (Å²) in [5, 5.41) is 3.37. The maximum Gasteiger partial charge on any atom is 0.219 e. The summed E-state index contributed by atoms with van der Waals surface area (Å²) in [6.07, 6.45) is 2.02. The van der Waals surface area contributed by atoms with Gasteiger partial charge in [0, 0.05) is 25.4 Å². The Morgan fingerprint density at radius 1 is 1.37 bits per heavy atom. The van der Waals surface area contributed by atoms with Crippen molar-refractivity contribution in [3.63, 3.8) is 0 Å². The largest absolute Gasteiger partial charge is 0.338 e. The lowest BCUT2D eigenvalue weighted by atomic mass is 9.69. The molecule has 0 saturated carbocycles. The van der Waals surface area contributed by atoms with Crippen LogP contribution in [0, 0.1) is 5.82 Å². The number of amides is 1. The number of nitrogens with zero attached hydrogens (tertiary/aromatic N) is 1. The van der Waals surface area contributed by atoms with E-state index in [0.29, 0.717) is 6.54 Å². The van der Waals surface area contributed by atoms with E-state index < -0.39 is 0 Å². The van der Waals surface area contributed by atoms with Gasteiger partial charge in [0.05, 0.1) is 0 Å². The molecule has 0 unspecified atom stereocenters. The Balaban J connectivity index is 2.06. The van der Waals surface area contributed by atoms with Crippen LogP contribution in [0.4, 0.5) is 4.39 Å². The number of carbonyl (C=O) groups excluding carboxylic acids is 1. The van der Waals surface area contributed by atoms with Crippen molar-refractivity contribution >= 4 is 5.91 Å². The zero-order valence-electron chi connectivity index (χ0n) is 11.2. The number of hydrogen-bond donors (Lipinski definition) is 1. The van der Waals surface area contributed by atoms with Crippen molar-refractivity contribution in [1.82, 2.24) is 10.2 Å². The van der Waals surface area contributed by atoms with Crippen LogP contribution in [0.15, 0.2) is 18.2 Å². The van der Waals surface area contributed by atoms with Gasteiger partial charge < -0.3 is 10.2 Å².